The number of rotatable bonds is 9. The molecule has 6 nitrogen and oxygen atoms in total. The third-order valence-corrected chi connectivity index (χ3v) is 5.52. The van der Waals surface area contributed by atoms with Crippen LogP contribution in [-0.2, 0) is 22.7 Å². The van der Waals surface area contributed by atoms with Gasteiger partial charge in [0.05, 0.1) is 26.4 Å². The summed E-state index contributed by atoms with van der Waals surface area (Å²) in [6, 6.07) is 14.5. The average molecular weight is 420 g/mol. The van der Waals surface area contributed by atoms with Gasteiger partial charge >= 0.3 is 0 Å². The molecule has 0 bridgehead atoms. The quantitative estimate of drug-likeness (QED) is 0.478. The molecule has 2 aromatic carbocycles. The molecular weight excluding hydrogens is 390 g/mol. The third kappa shape index (κ3) is 7.36. The van der Waals surface area contributed by atoms with Gasteiger partial charge in [0.25, 0.3) is 0 Å². The average Bonchev–Trinajstić information content (AvgIpc) is 2.67. The van der Waals surface area contributed by atoms with Crippen molar-refractivity contribution >= 4 is 17.1 Å². The van der Waals surface area contributed by atoms with Crippen LogP contribution < -0.4 is 4.74 Å². The Morgan fingerprint density at radius 2 is 1.86 bits per heavy atom. The molecule has 0 saturated heterocycles. The van der Waals surface area contributed by atoms with Crippen LogP contribution in [0.3, 0.4) is 0 Å². The zero-order valence-corrected chi connectivity index (χ0v) is 18.1. The van der Waals surface area contributed by atoms with Crippen LogP contribution in [0.15, 0.2) is 52.9 Å². The molecular formula is C22H29NO5S. The fourth-order valence-electron chi connectivity index (χ4n) is 2.49. The third-order valence-electron chi connectivity index (χ3n) is 4.08. The number of nitrogens with zero attached hydrogens (tertiary/aromatic N) is 1. The van der Waals surface area contributed by atoms with Crippen LogP contribution >= 0.6 is 0 Å². The topological polar surface area (TPSA) is 94.3 Å². The van der Waals surface area contributed by atoms with Crippen molar-refractivity contribution in [2.45, 2.75) is 44.6 Å². The van der Waals surface area contributed by atoms with Crippen LogP contribution in [0.2, 0.25) is 0 Å². The number of phenolic OH excluding ortho intramolecular Hbond substituents is 1. The largest absolute Gasteiger partial charge is 0.591 e. The zero-order chi connectivity index (χ0) is 21.4. The van der Waals surface area contributed by atoms with E-state index in [1.54, 1.807) is 12.1 Å². The maximum atomic E-state index is 12.6. The molecule has 0 saturated carbocycles. The van der Waals surface area contributed by atoms with Gasteiger partial charge in [-0.2, -0.15) is 0 Å². The zero-order valence-electron chi connectivity index (χ0n) is 17.3. The lowest BCUT2D eigenvalue weighted by Crippen LogP contribution is -2.28. The molecule has 1 unspecified atom stereocenters. The monoisotopic (exact) mass is 419 g/mol. The minimum absolute atomic E-state index is 0.0496. The van der Waals surface area contributed by atoms with Gasteiger partial charge in [-0.25, -0.2) is 0 Å². The summed E-state index contributed by atoms with van der Waals surface area (Å²) in [5.41, 5.74) is 1.77. The molecule has 0 heterocycles. The Balaban J connectivity index is 2.13. The van der Waals surface area contributed by atoms with Crippen molar-refractivity contribution in [2.24, 2.45) is 4.40 Å². The van der Waals surface area contributed by atoms with E-state index in [9.17, 15) is 14.8 Å². The van der Waals surface area contributed by atoms with Gasteiger partial charge in [0.1, 0.15) is 33.3 Å². The molecule has 0 aliphatic carbocycles. The van der Waals surface area contributed by atoms with Crippen LogP contribution in [0.1, 0.15) is 38.3 Å². The van der Waals surface area contributed by atoms with Gasteiger partial charge in [0.15, 0.2) is 0 Å². The van der Waals surface area contributed by atoms with E-state index in [-0.39, 0.29) is 18.8 Å². The van der Waals surface area contributed by atoms with E-state index in [0.29, 0.717) is 23.6 Å². The number of aliphatic hydroxyl groups excluding tert-OH is 1. The standard InChI is InChI=1S/C22H29NO5S/c1-22(2,3)29(26)23-20(19-11-10-18(27-4)13-21(19)25)12-17(24)15-28-14-16-8-6-5-7-9-16/h5-11,13,17,24-25H,12,14-15H2,1-4H3/t17-,29?/m0/s1. The first-order valence-corrected chi connectivity index (χ1v) is 10.5. The summed E-state index contributed by atoms with van der Waals surface area (Å²) in [5, 5.41) is 20.8. The SMILES string of the molecule is COc1ccc(C(C[C@H](O)COCc2ccccc2)=N[S+]([O-])C(C)(C)C)c(O)c1. The summed E-state index contributed by atoms with van der Waals surface area (Å²) in [4.78, 5) is 0. The maximum absolute atomic E-state index is 12.6. The molecule has 158 valence electrons. The Kier molecular flexibility index (Phi) is 8.52. The summed E-state index contributed by atoms with van der Waals surface area (Å²) >= 11 is -1.54. The van der Waals surface area contributed by atoms with E-state index in [4.69, 9.17) is 9.47 Å². The lowest BCUT2D eigenvalue weighted by molar-refractivity contribution is 0.0322. The Morgan fingerprint density at radius 1 is 1.17 bits per heavy atom. The van der Waals surface area contributed by atoms with Gasteiger partial charge in [-0.05, 0) is 38.5 Å². The van der Waals surface area contributed by atoms with Crippen LogP contribution in [0, 0.1) is 0 Å². The molecule has 0 radical (unpaired) electrons. The first kappa shape index (κ1) is 23.2. The molecule has 0 aliphatic heterocycles. The van der Waals surface area contributed by atoms with Crippen molar-refractivity contribution in [1.82, 2.24) is 0 Å². The number of ether oxygens (including phenoxy) is 2. The number of benzene rings is 2. The summed E-state index contributed by atoms with van der Waals surface area (Å²) in [6.07, 6.45) is -0.771. The molecule has 2 rings (SSSR count). The number of hydrogen-bond donors (Lipinski definition) is 2. The first-order valence-electron chi connectivity index (χ1n) is 9.37. The Hall–Kier alpha value is -2.06. The van der Waals surface area contributed by atoms with E-state index in [1.165, 1.54) is 13.2 Å². The molecule has 29 heavy (non-hydrogen) atoms. The van der Waals surface area contributed by atoms with Gasteiger partial charge in [-0.3, -0.25) is 0 Å². The van der Waals surface area contributed by atoms with E-state index in [2.05, 4.69) is 4.40 Å². The maximum Gasteiger partial charge on any atom is 0.144 e. The van der Waals surface area contributed by atoms with E-state index in [1.807, 2.05) is 51.1 Å². The fraction of sp³-hybridized carbons (Fsp3) is 0.409. The first-order chi connectivity index (χ1) is 13.7. The highest BCUT2D eigenvalue weighted by atomic mass is 32.2. The molecule has 7 heteroatoms. The van der Waals surface area contributed by atoms with Gasteiger partial charge in [-0.1, -0.05) is 34.7 Å². The Bertz CT molecular complexity index is 805. The van der Waals surface area contributed by atoms with Crippen LogP contribution in [0.4, 0.5) is 0 Å². The number of hydrogen-bond acceptors (Lipinski definition) is 6. The van der Waals surface area contributed by atoms with Crippen molar-refractivity contribution in [3.8, 4) is 11.5 Å². The number of aliphatic hydroxyl groups is 1. The molecule has 0 aliphatic rings. The van der Waals surface area contributed by atoms with Crippen molar-refractivity contribution in [3.05, 3.63) is 59.7 Å². The molecule has 0 spiro atoms. The van der Waals surface area contributed by atoms with E-state index >= 15 is 0 Å². The summed E-state index contributed by atoms with van der Waals surface area (Å²) in [7, 11) is 1.51. The second kappa shape index (κ2) is 10.6. The summed E-state index contributed by atoms with van der Waals surface area (Å²) in [6.45, 7) is 5.92. The minimum Gasteiger partial charge on any atom is -0.591 e. The Morgan fingerprint density at radius 3 is 2.45 bits per heavy atom. The smallest absolute Gasteiger partial charge is 0.144 e. The van der Waals surface area contributed by atoms with Crippen LogP contribution in [0.5, 0.6) is 11.5 Å². The number of methoxy groups -OCH3 is 1. The molecule has 2 N–H and O–H groups in total. The van der Waals surface area contributed by atoms with Crippen molar-refractivity contribution < 1.29 is 24.2 Å². The van der Waals surface area contributed by atoms with Gasteiger partial charge in [0, 0.05) is 18.1 Å². The lowest BCUT2D eigenvalue weighted by atomic mass is 10.0. The molecule has 0 amide bonds. The van der Waals surface area contributed by atoms with Crippen molar-refractivity contribution in [3.63, 3.8) is 0 Å². The highest BCUT2D eigenvalue weighted by Crippen LogP contribution is 2.27. The highest BCUT2D eigenvalue weighted by Gasteiger charge is 2.28. The second-order valence-electron chi connectivity index (χ2n) is 7.64. The lowest BCUT2D eigenvalue weighted by Gasteiger charge is -2.20. The molecule has 2 aromatic rings. The predicted octanol–water partition coefficient (Wildman–Crippen LogP) is 3.62. The Labute approximate surface area is 175 Å². The molecule has 2 atom stereocenters. The van der Waals surface area contributed by atoms with E-state index < -0.39 is 22.2 Å². The predicted molar refractivity (Wildman–Crippen MR) is 116 cm³/mol. The normalized spacial score (nSPS) is 14.5. The second-order valence-corrected chi connectivity index (χ2v) is 9.55. The summed E-state index contributed by atoms with van der Waals surface area (Å²) in [5.74, 6) is 0.445. The molecule has 0 aromatic heterocycles. The minimum atomic E-state index is -1.54. The van der Waals surface area contributed by atoms with Crippen molar-refractivity contribution in [2.75, 3.05) is 13.7 Å². The highest BCUT2D eigenvalue weighted by molar-refractivity contribution is 7.91. The van der Waals surface area contributed by atoms with Crippen LogP contribution in [0.25, 0.3) is 0 Å². The van der Waals surface area contributed by atoms with E-state index in [0.717, 1.165) is 5.56 Å². The molecule has 0 fully saturated rings. The number of phenols is 1. The van der Waals surface area contributed by atoms with Gasteiger partial charge in [0.2, 0.25) is 0 Å². The number of aromatic hydroxyl groups is 1. The fourth-order valence-corrected chi connectivity index (χ4v) is 3.13. The summed E-state index contributed by atoms with van der Waals surface area (Å²) < 4.78 is 27.0. The van der Waals surface area contributed by atoms with Crippen molar-refractivity contribution in [1.29, 1.82) is 0 Å². The van der Waals surface area contributed by atoms with Gasteiger partial charge in [-0.15, -0.1) is 0 Å². The van der Waals surface area contributed by atoms with Crippen LogP contribution in [-0.4, -0.2) is 45.0 Å². The van der Waals surface area contributed by atoms with Gasteiger partial charge < -0.3 is 24.2 Å².